The lowest BCUT2D eigenvalue weighted by Crippen LogP contribution is -2.49. The number of carbonyl (C=O) groups excluding carboxylic acids is 1. The number of alkyl halides is 2. The van der Waals surface area contributed by atoms with Gasteiger partial charge in [-0.15, -0.1) is 0 Å². The lowest BCUT2D eigenvalue weighted by Gasteiger charge is -2.32. The van der Waals surface area contributed by atoms with Gasteiger partial charge in [0.15, 0.2) is 6.61 Å². The predicted octanol–water partition coefficient (Wildman–Crippen LogP) is 2.87. The zero-order valence-electron chi connectivity index (χ0n) is 8.04. The van der Waals surface area contributed by atoms with E-state index in [9.17, 15) is 13.6 Å². The van der Waals surface area contributed by atoms with Crippen LogP contribution in [0.4, 0.5) is 13.6 Å². The number of rotatable bonds is 1. The molecule has 3 nitrogen and oxygen atoms in total. The molecular formula is C10H8BrF2NO2. The largest absolute Gasteiger partial charge is 0.443 e. The Morgan fingerprint density at radius 3 is 2.81 bits per heavy atom. The Labute approximate surface area is 98.9 Å². The van der Waals surface area contributed by atoms with Gasteiger partial charge in [-0.1, -0.05) is 34.1 Å². The highest BCUT2D eigenvalue weighted by molar-refractivity contribution is 9.10. The number of benzene rings is 1. The van der Waals surface area contributed by atoms with Crippen LogP contribution in [0.15, 0.2) is 28.7 Å². The molecule has 1 heterocycles. The van der Waals surface area contributed by atoms with Gasteiger partial charge in [-0.05, 0) is 11.6 Å². The van der Waals surface area contributed by atoms with E-state index in [2.05, 4.69) is 26.0 Å². The van der Waals surface area contributed by atoms with Crippen molar-refractivity contribution < 1.29 is 18.3 Å². The van der Waals surface area contributed by atoms with Crippen molar-refractivity contribution in [3.8, 4) is 0 Å². The average Bonchev–Trinajstić information content (AvgIpc) is 2.23. The fourth-order valence-corrected chi connectivity index (χ4v) is 2.04. The molecule has 86 valence electrons. The van der Waals surface area contributed by atoms with E-state index in [1.807, 2.05) is 0 Å². The number of halogens is 3. The minimum atomic E-state index is -3.11. The zero-order chi connectivity index (χ0) is 11.8. The quantitative estimate of drug-likeness (QED) is 0.864. The molecule has 1 atom stereocenters. The van der Waals surface area contributed by atoms with E-state index in [0.717, 1.165) is 0 Å². The third-order valence-electron chi connectivity index (χ3n) is 2.30. The van der Waals surface area contributed by atoms with Crippen molar-refractivity contribution in [1.29, 1.82) is 0 Å². The van der Waals surface area contributed by atoms with E-state index >= 15 is 0 Å². The van der Waals surface area contributed by atoms with Crippen LogP contribution in [0.25, 0.3) is 0 Å². The molecule has 0 unspecified atom stereocenters. The Morgan fingerprint density at radius 1 is 1.44 bits per heavy atom. The standard InChI is InChI=1S/C10H8BrF2NO2/c11-7-4-2-1-3-6(7)8-10(12,13)5-16-9(15)14-8/h1-4,8H,5H2,(H,14,15)/t8-/m1/s1. The molecular weight excluding hydrogens is 284 g/mol. The van der Waals surface area contributed by atoms with E-state index in [-0.39, 0.29) is 0 Å². The third kappa shape index (κ3) is 2.02. The molecule has 1 amide bonds. The molecule has 0 aliphatic carbocycles. The molecule has 1 aliphatic heterocycles. The van der Waals surface area contributed by atoms with Crippen molar-refractivity contribution >= 4 is 22.0 Å². The van der Waals surface area contributed by atoms with E-state index in [1.165, 1.54) is 6.07 Å². The Morgan fingerprint density at radius 2 is 2.12 bits per heavy atom. The van der Waals surface area contributed by atoms with E-state index in [4.69, 9.17) is 0 Å². The van der Waals surface area contributed by atoms with Gasteiger partial charge in [0.2, 0.25) is 0 Å². The molecule has 0 aromatic heterocycles. The number of nitrogens with one attached hydrogen (secondary N) is 1. The van der Waals surface area contributed by atoms with Crippen LogP contribution in [0.5, 0.6) is 0 Å². The molecule has 16 heavy (non-hydrogen) atoms. The van der Waals surface area contributed by atoms with Crippen LogP contribution in [0.1, 0.15) is 11.6 Å². The zero-order valence-corrected chi connectivity index (χ0v) is 9.63. The lowest BCUT2D eigenvalue weighted by atomic mass is 10.0. The fraction of sp³-hybridized carbons (Fsp3) is 0.300. The number of alkyl carbamates (subject to hydrolysis) is 1. The third-order valence-corrected chi connectivity index (χ3v) is 3.02. The van der Waals surface area contributed by atoms with Crippen LogP contribution in [0.3, 0.4) is 0 Å². The highest BCUT2D eigenvalue weighted by atomic mass is 79.9. The summed E-state index contributed by atoms with van der Waals surface area (Å²) in [5.74, 6) is -3.11. The Kier molecular flexibility index (Phi) is 2.84. The molecule has 0 bridgehead atoms. The van der Waals surface area contributed by atoms with Crippen molar-refractivity contribution in [3.05, 3.63) is 34.3 Å². The first kappa shape index (κ1) is 11.3. The summed E-state index contributed by atoms with van der Waals surface area (Å²) in [6.07, 6.45) is -0.827. The molecule has 0 radical (unpaired) electrons. The molecule has 1 fully saturated rings. The summed E-state index contributed by atoms with van der Waals surface area (Å²) >= 11 is 3.18. The molecule has 0 spiro atoms. The fourth-order valence-electron chi connectivity index (χ4n) is 1.52. The van der Waals surface area contributed by atoms with Crippen molar-refractivity contribution in [2.45, 2.75) is 12.0 Å². The number of cyclic esters (lactones) is 1. The summed E-state index contributed by atoms with van der Waals surface area (Å²) in [6.45, 7) is -0.898. The van der Waals surface area contributed by atoms with Gasteiger partial charge in [0, 0.05) is 4.47 Å². The molecule has 0 saturated carbocycles. The molecule has 1 saturated heterocycles. The number of hydrogen-bond acceptors (Lipinski definition) is 2. The topological polar surface area (TPSA) is 38.3 Å². The maximum Gasteiger partial charge on any atom is 0.408 e. The minimum absolute atomic E-state index is 0.337. The summed E-state index contributed by atoms with van der Waals surface area (Å²) in [5, 5.41) is 2.12. The smallest absolute Gasteiger partial charge is 0.408 e. The second-order valence-electron chi connectivity index (χ2n) is 3.44. The van der Waals surface area contributed by atoms with Gasteiger partial charge in [-0.2, -0.15) is 0 Å². The first-order chi connectivity index (χ1) is 7.50. The van der Waals surface area contributed by atoms with Gasteiger partial charge < -0.3 is 10.1 Å². The predicted molar refractivity (Wildman–Crippen MR) is 56.3 cm³/mol. The monoisotopic (exact) mass is 291 g/mol. The lowest BCUT2D eigenvalue weighted by molar-refractivity contribution is -0.104. The summed E-state index contributed by atoms with van der Waals surface area (Å²) in [4.78, 5) is 11.0. The Hall–Kier alpha value is -1.17. The highest BCUT2D eigenvalue weighted by Crippen LogP contribution is 2.37. The van der Waals surface area contributed by atoms with Crippen LogP contribution in [0.2, 0.25) is 0 Å². The number of hydrogen-bond donors (Lipinski definition) is 1. The van der Waals surface area contributed by atoms with Gasteiger partial charge in [0.1, 0.15) is 6.04 Å². The van der Waals surface area contributed by atoms with E-state index < -0.39 is 24.7 Å². The van der Waals surface area contributed by atoms with Crippen LogP contribution in [0, 0.1) is 0 Å². The van der Waals surface area contributed by atoms with E-state index in [1.54, 1.807) is 18.2 Å². The van der Waals surface area contributed by atoms with Crippen LogP contribution >= 0.6 is 15.9 Å². The van der Waals surface area contributed by atoms with Crippen LogP contribution in [-0.2, 0) is 4.74 Å². The first-order valence-electron chi connectivity index (χ1n) is 4.56. The van der Waals surface area contributed by atoms with Crippen LogP contribution in [-0.4, -0.2) is 18.6 Å². The summed E-state index contributed by atoms with van der Waals surface area (Å²) in [7, 11) is 0. The van der Waals surface area contributed by atoms with Crippen molar-refractivity contribution in [1.82, 2.24) is 5.32 Å². The molecule has 6 heteroatoms. The van der Waals surface area contributed by atoms with E-state index in [0.29, 0.717) is 10.0 Å². The number of ether oxygens (including phenoxy) is 1. The first-order valence-corrected chi connectivity index (χ1v) is 5.35. The van der Waals surface area contributed by atoms with Gasteiger partial charge in [-0.3, -0.25) is 0 Å². The molecule has 1 N–H and O–H groups in total. The second-order valence-corrected chi connectivity index (χ2v) is 4.29. The van der Waals surface area contributed by atoms with Gasteiger partial charge in [-0.25, -0.2) is 13.6 Å². The SMILES string of the molecule is O=C1N[C@H](c2ccccc2Br)C(F)(F)CO1. The molecule has 1 aromatic carbocycles. The van der Waals surface area contributed by atoms with Gasteiger partial charge in [0.05, 0.1) is 0 Å². The normalized spacial score (nSPS) is 23.4. The maximum atomic E-state index is 13.5. The van der Waals surface area contributed by atoms with Gasteiger partial charge >= 0.3 is 12.0 Å². The average molecular weight is 292 g/mol. The summed E-state index contributed by atoms with van der Waals surface area (Å²) in [6, 6.07) is 5.18. The summed E-state index contributed by atoms with van der Waals surface area (Å²) in [5.41, 5.74) is 0.337. The van der Waals surface area contributed by atoms with Crippen LogP contribution < -0.4 is 5.32 Å². The highest BCUT2D eigenvalue weighted by Gasteiger charge is 2.47. The number of amides is 1. The second kappa shape index (κ2) is 4.01. The summed E-state index contributed by atoms with van der Waals surface area (Å²) < 4.78 is 31.9. The number of carbonyl (C=O) groups is 1. The minimum Gasteiger partial charge on any atom is -0.443 e. The van der Waals surface area contributed by atoms with Gasteiger partial charge in [0.25, 0.3) is 0 Å². The maximum absolute atomic E-state index is 13.5. The Balaban J connectivity index is 2.38. The van der Waals surface area contributed by atoms with Crippen molar-refractivity contribution in [2.75, 3.05) is 6.61 Å². The molecule has 1 aromatic rings. The van der Waals surface area contributed by atoms with Crippen molar-refractivity contribution in [2.24, 2.45) is 0 Å². The molecule has 1 aliphatic rings. The Bertz CT molecular complexity index is 425. The molecule has 2 rings (SSSR count). The van der Waals surface area contributed by atoms with Crippen molar-refractivity contribution in [3.63, 3.8) is 0 Å².